The van der Waals surface area contributed by atoms with Gasteiger partial charge in [-0.1, -0.05) is 18.2 Å². The van der Waals surface area contributed by atoms with E-state index in [4.69, 9.17) is 4.74 Å². The number of ether oxygens (including phenoxy) is 1. The molecule has 0 fully saturated rings. The minimum Gasteiger partial charge on any atom is -0.497 e. The molecule has 1 aliphatic heterocycles. The van der Waals surface area contributed by atoms with Gasteiger partial charge in [0.2, 0.25) is 15.9 Å². The second kappa shape index (κ2) is 8.46. The first-order chi connectivity index (χ1) is 13.3. The Morgan fingerprint density at radius 1 is 1.36 bits per heavy atom. The van der Waals surface area contributed by atoms with Crippen LogP contribution in [0, 0.1) is 0 Å². The zero-order valence-electron chi connectivity index (χ0n) is 16.0. The number of benzene rings is 1. The van der Waals surface area contributed by atoms with E-state index in [1.165, 1.54) is 11.0 Å². The lowest BCUT2D eigenvalue weighted by molar-refractivity contribution is -0.133. The summed E-state index contributed by atoms with van der Waals surface area (Å²) in [5.41, 5.74) is 2.08. The van der Waals surface area contributed by atoms with E-state index < -0.39 is 10.0 Å². The van der Waals surface area contributed by atoms with Crippen LogP contribution in [0.15, 0.2) is 48.4 Å². The van der Waals surface area contributed by atoms with Gasteiger partial charge in [-0.05, 0) is 41.1 Å². The van der Waals surface area contributed by atoms with E-state index in [-0.39, 0.29) is 25.0 Å². The first-order valence-corrected chi connectivity index (χ1v) is 11.6. The van der Waals surface area contributed by atoms with Gasteiger partial charge in [0.1, 0.15) is 5.75 Å². The van der Waals surface area contributed by atoms with Crippen molar-refractivity contribution in [3.05, 3.63) is 64.4 Å². The van der Waals surface area contributed by atoms with Crippen molar-refractivity contribution in [3.8, 4) is 5.75 Å². The van der Waals surface area contributed by atoms with Crippen LogP contribution in [0.25, 0.3) is 0 Å². The van der Waals surface area contributed by atoms with E-state index in [1.807, 2.05) is 35.7 Å². The molecular formula is C20H24N2O4S2. The minimum atomic E-state index is -3.50. The average molecular weight is 421 g/mol. The van der Waals surface area contributed by atoms with E-state index in [0.717, 1.165) is 33.9 Å². The van der Waals surface area contributed by atoms with Crippen LogP contribution in [-0.4, -0.2) is 56.5 Å². The summed E-state index contributed by atoms with van der Waals surface area (Å²) in [5.74, 6) is 0.530. The van der Waals surface area contributed by atoms with Gasteiger partial charge in [-0.3, -0.25) is 4.79 Å². The van der Waals surface area contributed by atoms with Crippen molar-refractivity contribution in [2.24, 2.45) is 0 Å². The smallest absolute Gasteiger partial charge is 0.238 e. The second-order valence-electron chi connectivity index (χ2n) is 6.66. The Balaban J connectivity index is 1.93. The number of fused-ring (bicyclic) bond motifs is 1. The monoisotopic (exact) mass is 420 g/mol. The maximum absolute atomic E-state index is 13.1. The highest BCUT2D eigenvalue weighted by molar-refractivity contribution is 7.88. The molecule has 2 aromatic rings. The molecule has 1 aliphatic rings. The van der Waals surface area contributed by atoms with Gasteiger partial charge in [-0.2, -0.15) is 4.31 Å². The number of amides is 1. The quantitative estimate of drug-likeness (QED) is 0.646. The molecule has 0 spiro atoms. The Morgan fingerprint density at radius 3 is 2.68 bits per heavy atom. The van der Waals surface area contributed by atoms with Crippen LogP contribution in [0.2, 0.25) is 0 Å². The third-order valence-corrected chi connectivity index (χ3v) is 7.04. The molecule has 3 rings (SSSR count). The van der Waals surface area contributed by atoms with Gasteiger partial charge < -0.3 is 9.64 Å². The average Bonchev–Trinajstić information content (AvgIpc) is 3.15. The Hall–Kier alpha value is -2.16. The van der Waals surface area contributed by atoms with Gasteiger partial charge in [0.05, 0.1) is 26.0 Å². The fourth-order valence-corrected chi connectivity index (χ4v) is 5.06. The number of thiophene rings is 1. The SMILES string of the molecule is C=CCN(CC(=O)N1CCc2sccc2[C@@H]1c1ccc(OC)cc1)S(C)(=O)=O. The number of methoxy groups -OCH3 is 1. The lowest BCUT2D eigenvalue weighted by Gasteiger charge is -2.37. The Labute approximate surface area is 170 Å². The Kier molecular flexibility index (Phi) is 6.22. The van der Waals surface area contributed by atoms with Gasteiger partial charge in [0, 0.05) is 18.0 Å². The molecule has 8 heteroatoms. The Bertz CT molecular complexity index is 951. The summed E-state index contributed by atoms with van der Waals surface area (Å²) in [4.78, 5) is 16.2. The minimum absolute atomic E-state index is 0.106. The van der Waals surface area contributed by atoms with Crippen LogP contribution in [-0.2, 0) is 21.2 Å². The molecule has 28 heavy (non-hydrogen) atoms. The topological polar surface area (TPSA) is 66.9 Å². The number of hydrogen-bond acceptors (Lipinski definition) is 5. The van der Waals surface area contributed by atoms with Crippen LogP contribution >= 0.6 is 11.3 Å². The maximum Gasteiger partial charge on any atom is 0.238 e. The third-order valence-electron chi connectivity index (χ3n) is 4.83. The lowest BCUT2D eigenvalue weighted by atomic mass is 9.93. The van der Waals surface area contributed by atoms with E-state index in [2.05, 4.69) is 6.58 Å². The highest BCUT2D eigenvalue weighted by Gasteiger charge is 2.34. The zero-order valence-corrected chi connectivity index (χ0v) is 17.6. The maximum atomic E-state index is 13.1. The van der Waals surface area contributed by atoms with Gasteiger partial charge in [-0.15, -0.1) is 17.9 Å². The summed E-state index contributed by atoms with van der Waals surface area (Å²) in [6, 6.07) is 9.46. The van der Waals surface area contributed by atoms with Gasteiger partial charge in [0.15, 0.2) is 0 Å². The molecule has 0 radical (unpaired) electrons. The van der Waals surface area contributed by atoms with E-state index in [9.17, 15) is 13.2 Å². The highest BCUT2D eigenvalue weighted by Crippen LogP contribution is 2.38. The molecular weight excluding hydrogens is 396 g/mol. The van der Waals surface area contributed by atoms with Crippen molar-refractivity contribution >= 4 is 27.3 Å². The van der Waals surface area contributed by atoms with Crippen molar-refractivity contribution < 1.29 is 17.9 Å². The first kappa shape index (κ1) is 20.6. The fourth-order valence-electron chi connectivity index (χ4n) is 3.43. The zero-order chi connectivity index (χ0) is 20.3. The summed E-state index contributed by atoms with van der Waals surface area (Å²) >= 11 is 1.69. The molecule has 2 heterocycles. The summed E-state index contributed by atoms with van der Waals surface area (Å²) < 4.78 is 30.4. The summed E-state index contributed by atoms with van der Waals surface area (Å²) in [6.07, 6.45) is 3.37. The van der Waals surface area contributed by atoms with Gasteiger partial charge in [-0.25, -0.2) is 8.42 Å². The summed E-state index contributed by atoms with van der Waals surface area (Å²) in [6.45, 7) is 4.05. The fraction of sp³-hybridized carbons (Fsp3) is 0.350. The van der Waals surface area contributed by atoms with Crippen LogP contribution in [0.5, 0.6) is 5.75 Å². The molecule has 0 bridgehead atoms. The third kappa shape index (κ3) is 4.29. The number of nitrogens with zero attached hydrogens (tertiary/aromatic N) is 2. The predicted octanol–water partition coefficient (Wildman–Crippen LogP) is 2.68. The first-order valence-electron chi connectivity index (χ1n) is 8.91. The molecule has 0 saturated carbocycles. The van der Waals surface area contributed by atoms with Gasteiger partial charge >= 0.3 is 0 Å². The van der Waals surface area contributed by atoms with E-state index in [1.54, 1.807) is 23.3 Å². The lowest BCUT2D eigenvalue weighted by Crippen LogP contribution is -2.46. The van der Waals surface area contributed by atoms with Crippen molar-refractivity contribution in [1.82, 2.24) is 9.21 Å². The van der Waals surface area contributed by atoms with Crippen molar-refractivity contribution in [2.75, 3.05) is 33.0 Å². The number of carbonyl (C=O) groups is 1. The summed E-state index contributed by atoms with van der Waals surface area (Å²) in [5, 5.41) is 2.04. The molecule has 6 nitrogen and oxygen atoms in total. The molecule has 0 aliphatic carbocycles. The number of rotatable bonds is 7. The number of hydrogen-bond donors (Lipinski definition) is 0. The molecule has 1 atom stereocenters. The van der Waals surface area contributed by atoms with Crippen LogP contribution in [0.4, 0.5) is 0 Å². The van der Waals surface area contributed by atoms with Crippen molar-refractivity contribution in [2.45, 2.75) is 12.5 Å². The molecule has 1 aromatic heterocycles. The normalized spacial score (nSPS) is 16.7. The molecule has 0 saturated heterocycles. The molecule has 0 unspecified atom stereocenters. The largest absolute Gasteiger partial charge is 0.497 e. The summed E-state index contributed by atoms with van der Waals surface area (Å²) in [7, 11) is -1.89. The molecule has 0 N–H and O–H groups in total. The molecule has 1 aromatic carbocycles. The molecule has 1 amide bonds. The molecule has 150 valence electrons. The predicted molar refractivity (Wildman–Crippen MR) is 111 cm³/mol. The number of carbonyl (C=O) groups excluding carboxylic acids is 1. The van der Waals surface area contributed by atoms with Crippen molar-refractivity contribution in [3.63, 3.8) is 0 Å². The van der Waals surface area contributed by atoms with Gasteiger partial charge in [0.25, 0.3) is 0 Å². The van der Waals surface area contributed by atoms with Crippen molar-refractivity contribution in [1.29, 1.82) is 0 Å². The van der Waals surface area contributed by atoms with Crippen LogP contribution < -0.4 is 4.74 Å². The second-order valence-corrected chi connectivity index (χ2v) is 9.64. The standard InChI is InChI=1S/C20H24N2O4S2/c1-4-11-21(28(3,24)25)14-19(23)22-12-9-18-17(10-13-27-18)20(22)15-5-7-16(26-2)8-6-15/h4-8,10,13,20H,1,9,11-12,14H2,2-3H3/t20-/m0/s1. The van der Waals surface area contributed by atoms with E-state index in [0.29, 0.717) is 6.54 Å². The van der Waals surface area contributed by atoms with Crippen LogP contribution in [0.1, 0.15) is 22.0 Å². The van der Waals surface area contributed by atoms with E-state index >= 15 is 0 Å². The number of sulfonamides is 1. The van der Waals surface area contributed by atoms with Crippen LogP contribution in [0.3, 0.4) is 0 Å². The Morgan fingerprint density at radius 2 is 2.07 bits per heavy atom. The highest BCUT2D eigenvalue weighted by atomic mass is 32.2.